The Morgan fingerprint density at radius 1 is 1.20 bits per heavy atom. The van der Waals surface area contributed by atoms with Crippen LogP contribution in [0.5, 0.6) is 5.75 Å². The number of ether oxygens (including phenoxy) is 1. The fraction of sp³-hybridized carbons (Fsp3) is 0.429. The van der Waals surface area contributed by atoms with Crippen LogP contribution in [-0.2, 0) is 7.05 Å². The van der Waals surface area contributed by atoms with Gasteiger partial charge in [-0.2, -0.15) is 0 Å². The zero-order chi connectivity index (χ0) is 14.9. The van der Waals surface area contributed by atoms with Crippen LogP contribution < -0.4 is 10.3 Å². The first-order valence-corrected chi connectivity index (χ1v) is 10.6. The minimum atomic E-state index is -1.53. The maximum atomic E-state index is 9.61. The molecule has 1 heterocycles. The van der Waals surface area contributed by atoms with E-state index in [0.29, 0.717) is 17.9 Å². The molecular weight excluding hydrogens is 269 g/mol. The molecule has 1 aromatic heterocycles. The summed E-state index contributed by atoms with van der Waals surface area (Å²) < 4.78 is 7.68. The molecule has 0 spiro atoms. The number of rotatable bonds is 5. The largest absolute Gasteiger partial charge is 0.509 e. The summed E-state index contributed by atoms with van der Waals surface area (Å²) in [5.74, 6) is 0.594. The molecule has 0 aliphatic carbocycles. The minimum absolute atomic E-state index is 0.418. The smallest absolute Gasteiger partial charge is 0.492 e. The Labute approximate surface area is 121 Å². The third kappa shape index (κ3) is 3.08. The van der Waals surface area contributed by atoms with E-state index in [1.165, 1.54) is 0 Å². The summed E-state index contributed by atoms with van der Waals surface area (Å²) in [4.78, 5) is 0. The quantitative estimate of drug-likeness (QED) is 0.822. The lowest BCUT2D eigenvalue weighted by atomic mass is 9.85. The van der Waals surface area contributed by atoms with Crippen molar-refractivity contribution in [1.29, 1.82) is 0 Å². The number of hydrogen-bond donors (Lipinski definition) is 2. The predicted octanol–water partition coefficient (Wildman–Crippen LogP) is 1.58. The van der Waals surface area contributed by atoms with Crippen LogP contribution >= 0.6 is 0 Å². The van der Waals surface area contributed by atoms with Crippen molar-refractivity contribution in [3.8, 4) is 5.75 Å². The molecule has 4 nitrogen and oxygen atoms in total. The topological polar surface area (TPSA) is 54.6 Å². The lowest BCUT2D eigenvalue weighted by molar-refractivity contribution is 0.341. The van der Waals surface area contributed by atoms with E-state index in [4.69, 9.17) is 4.74 Å². The van der Waals surface area contributed by atoms with Crippen LogP contribution in [0.2, 0.25) is 25.7 Å². The Kier molecular flexibility index (Phi) is 4.27. The fourth-order valence-electron chi connectivity index (χ4n) is 2.28. The van der Waals surface area contributed by atoms with E-state index in [0.717, 1.165) is 16.9 Å². The van der Waals surface area contributed by atoms with Gasteiger partial charge in [-0.05, 0) is 18.2 Å². The summed E-state index contributed by atoms with van der Waals surface area (Å²) in [7, 11) is -0.884. The van der Waals surface area contributed by atoms with Crippen LogP contribution in [0.3, 0.4) is 0 Å². The number of nitrogens with zero attached hydrogens (tertiary/aromatic N) is 1. The lowest BCUT2D eigenvalue weighted by Gasteiger charge is -2.16. The van der Waals surface area contributed by atoms with E-state index in [-0.39, 0.29) is 0 Å². The summed E-state index contributed by atoms with van der Waals surface area (Å²) in [6.07, 6.45) is 0. The molecule has 0 saturated carbocycles. The zero-order valence-corrected chi connectivity index (χ0v) is 13.6. The van der Waals surface area contributed by atoms with Gasteiger partial charge in [-0.15, -0.1) is 0 Å². The van der Waals surface area contributed by atoms with Crippen molar-refractivity contribution in [3.63, 3.8) is 0 Å². The first-order chi connectivity index (χ1) is 9.31. The van der Waals surface area contributed by atoms with Crippen molar-refractivity contribution < 1.29 is 14.8 Å². The minimum Gasteiger partial charge on any atom is -0.492 e. The van der Waals surface area contributed by atoms with Gasteiger partial charge in [0.25, 0.3) is 0 Å². The summed E-state index contributed by atoms with van der Waals surface area (Å²) in [5, 5.41) is 20.1. The van der Waals surface area contributed by atoms with Crippen molar-refractivity contribution in [2.24, 2.45) is 7.05 Å². The third-order valence-corrected chi connectivity index (χ3v) is 5.15. The molecule has 2 N–H and O–H groups in total. The van der Waals surface area contributed by atoms with Gasteiger partial charge in [0.15, 0.2) is 0 Å². The van der Waals surface area contributed by atoms with Crippen molar-refractivity contribution in [2.45, 2.75) is 25.7 Å². The van der Waals surface area contributed by atoms with Gasteiger partial charge in [-0.3, -0.25) is 0 Å². The van der Waals surface area contributed by atoms with E-state index in [1.54, 1.807) is 4.57 Å². The molecule has 0 bridgehead atoms. The normalized spacial score (nSPS) is 11.9. The number of aromatic nitrogens is 1. The van der Waals surface area contributed by atoms with Gasteiger partial charge in [0, 0.05) is 20.5 Å². The van der Waals surface area contributed by atoms with Crippen LogP contribution in [0.4, 0.5) is 0 Å². The molecule has 0 aliphatic heterocycles. The SMILES string of the molecule is Cn1c(B(O)O)c(OCC[Si](C)(C)C)c2ccccc21. The summed E-state index contributed by atoms with van der Waals surface area (Å²) in [6.45, 7) is 7.49. The van der Waals surface area contributed by atoms with Crippen LogP contribution in [0.25, 0.3) is 10.9 Å². The van der Waals surface area contributed by atoms with Crippen molar-refractivity contribution >= 4 is 31.7 Å². The van der Waals surface area contributed by atoms with Crippen molar-refractivity contribution in [3.05, 3.63) is 24.3 Å². The highest BCUT2D eigenvalue weighted by Crippen LogP contribution is 2.26. The second-order valence-corrected chi connectivity index (χ2v) is 11.9. The highest BCUT2D eigenvalue weighted by Gasteiger charge is 2.26. The predicted molar refractivity (Wildman–Crippen MR) is 86.4 cm³/mol. The first-order valence-electron chi connectivity index (χ1n) is 6.87. The number of para-hydroxylation sites is 1. The van der Waals surface area contributed by atoms with Crippen LogP contribution in [0.1, 0.15) is 0 Å². The Hall–Kier alpha value is -1.24. The Morgan fingerprint density at radius 2 is 1.85 bits per heavy atom. The Bertz CT molecular complexity index is 604. The molecule has 108 valence electrons. The molecule has 0 fully saturated rings. The standard InChI is InChI=1S/C14H22BNO3Si/c1-16-12-8-6-5-7-11(12)13(14(16)15(17)18)19-9-10-20(2,3)4/h5-8,17-18H,9-10H2,1-4H3. The molecule has 0 saturated heterocycles. The van der Waals surface area contributed by atoms with E-state index in [9.17, 15) is 10.0 Å². The van der Waals surface area contributed by atoms with Crippen molar-refractivity contribution in [1.82, 2.24) is 4.57 Å². The maximum absolute atomic E-state index is 9.61. The summed E-state index contributed by atoms with van der Waals surface area (Å²) >= 11 is 0. The van der Waals surface area contributed by atoms with Gasteiger partial charge in [0.1, 0.15) is 5.75 Å². The average Bonchev–Trinajstić information content (AvgIpc) is 2.62. The van der Waals surface area contributed by atoms with Crippen LogP contribution in [-0.4, -0.2) is 36.4 Å². The fourth-order valence-corrected chi connectivity index (χ4v) is 2.99. The molecule has 1 aromatic carbocycles. The summed E-state index contributed by atoms with van der Waals surface area (Å²) in [5.41, 5.74) is 1.36. The van der Waals surface area contributed by atoms with Crippen molar-refractivity contribution in [2.75, 3.05) is 6.61 Å². The second kappa shape index (κ2) is 5.63. The summed E-state index contributed by atoms with van der Waals surface area (Å²) in [6, 6.07) is 8.80. The molecular formula is C14H22BNO3Si. The maximum Gasteiger partial charge on any atom is 0.509 e. The molecule has 0 atom stereocenters. The van der Waals surface area contributed by atoms with Gasteiger partial charge in [0.2, 0.25) is 0 Å². The second-order valence-electron chi connectivity index (χ2n) is 6.32. The first kappa shape index (κ1) is 15.2. The number of aryl methyl sites for hydroxylation is 1. The Balaban J connectivity index is 2.37. The highest BCUT2D eigenvalue weighted by atomic mass is 28.3. The van der Waals surface area contributed by atoms with Gasteiger partial charge in [-0.1, -0.05) is 31.8 Å². The van der Waals surface area contributed by atoms with Crippen LogP contribution in [0, 0.1) is 0 Å². The molecule has 0 unspecified atom stereocenters. The van der Waals surface area contributed by atoms with Crippen LogP contribution in [0.15, 0.2) is 24.3 Å². The molecule has 2 rings (SSSR count). The third-order valence-electron chi connectivity index (χ3n) is 3.45. The molecule has 0 amide bonds. The zero-order valence-electron chi connectivity index (χ0n) is 12.6. The highest BCUT2D eigenvalue weighted by molar-refractivity contribution is 6.76. The lowest BCUT2D eigenvalue weighted by Crippen LogP contribution is -2.36. The number of hydrogen-bond acceptors (Lipinski definition) is 3. The number of benzene rings is 1. The average molecular weight is 291 g/mol. The van der Waals surface area contributed by atoms with Gasteiger partial charge in [0.05, 0.1) is 17.7 Å². The van der Waals surface area contributed by atoms with Gasteiger partial charge < -0.3 is 19.4 Å². The van der Waals surface area contributed by atoms with Gasteiger partial charge in [-0.25, -0.2) is 0 Å². The molecule has 20 heavy (non-hydrogen) atoms. The molecule has 6 heteroatoms. The molecule has 2 aromatic rings. The molecule has 0 aliphatic rings. The molecule has 0 radical (unpaired) electrons. The van der Waals surface area contributed by atoms with E-state index >= 15 is 0 Å². The van der Waals surface area contributed by atoms with E-state index < -0.39 is 15.2 Å². The van der Waals surface area contributed by atoms with Gasteiger partial charge >= 0.3 is 7.12 Å². The van der Waals surface area contributed by atoms with E-state index in [2.05, 4.69) is 19.6 Å². The van der Waals surface area contributed by atoms with E-state index in [1.807, 2.05) is 31.3 Å². The number of fused-ring (bicyclic) bond motifs is 1. The monoisotopic (exact) mass is 291 g/mol. The Morgan fingerprint density at radius 3 is 2.45 bits per heavy atom.